The summed E-state index contributed by atoms with van der Waals surface area (Å²) in [6.45, 7) is 3.00. The van der Waals surface area contributed by atoms with Crippen molar-refractivity contribution in [3.63, 3.8) is 0 Å². The fourth-order valence-corrected chi connectivity index (χ4v) is 3.29. The molecule has 1 fully saturated rings. The summed E-state index contributed by atoms with van der Waals surface area (Å²) in [6.07, 6.45) is 6.45. The molecule has 106 valence electrons. The average Bonchev–Trinajstić information content (AvgIpc) is 2.86. The number of rotatable bonds is 3. The van der Waals surface area contributed by atoms with E-state index in [2.05, 4.69) is 35.8 Å². The van der Waals surface area contributed by atoms with Gasteiger partial charge >= 0.3 is 0 Å². The summed E-state index contributed by atoms with van der Waals surface area (Å²) in [7, 11) is 0. The predicted octanol–water partition coefficient (Wildman–Crippen LogP) is 4.20. The Bertz CT molecular complexity index is 565. The minimum Gasteiger partial charge on any atom is -0.384 e. The van der Waals surface area contributed by atoms with E-state index >= 15 is 0 Å². The van der Waals surface area contributed by atoms with Crippen molar-refractivity contribution in [1.29, 1.82) is 0 Å². The van der Waals surface area contributed by atoms with Gasteiger partial charge in [0.2, 0.25) is 0 Å². The highest BCUT2D eigenvalue weighted by Crippen LogP contribution is 2.37. The highest BCUT2D eigenvalue weighted by Gasteiger charge is 2.24. The molecule has 0 amide bonds. The number of hydrogen-bond donors (Lipinski definition) is 1. The average molecular weight is 269 g/mol. The summed E-state index contributed by atoms with van der Waals surface area (Å²) in [6, 6.07) is 10.4. The van der Waals surface area contributed by atoms with Crippen LogP contribution in [0.25, 0.3) is 11.4 Å². The maximum atomic E-state index is 6.38. The summed E-state index contributed by atoms with van der Waals surface area (Å²) < 4.78 is 2.15. The molecule has 3 heteroatoms. The quantitative estimate of drug-likeness (QED) is 0.907. The number of aromatic nitrogens is 2. The largest absolute Gasteiger partial charge is 0.384 e. The van der Waals surface area contributed by atoms with Crippen LogP contribution in [-0.4, -0.2) is 9.55 Å². The van der Waals surface area contributed by atoms with Crippen LogP contribution in [-0.2, 0) is 6.54 Å². The third-order valence-electron chi connectivity index (χ3n) is 4.38. The molecular weight excluding hydrogens is 246 g/mol. The van der Waals surface area contributed by atoms with E-state index in [0.29, 0.717) is 5.92 Å². The SMILES string of the molecule is CCn1c(-c2ccccc2)nc(C2CCCCC2)c1N. The maximum Gasteiger partial charge on any atom is 0.141 e. The Morgan fingerprint density at radius 2 is 1.85 bits per heavy atom. The standard InChI is InChI=1S/C17H23N3/c1-2-20-16(18)15(13-9-5-3-6-10-13)19-17(20)14-11-7-4-8-12-14/h4,7-8,11-13H,2-3,5-6,9-10,18H2,1H3. The second-order valence-corrected chi connectivity index (χ2v) is 5.65. The molecule has 1 heterocycles. The van der Waals surface area contributed by atoms with E-state index in [9.17, 15) is 0 Å². The molecule has 1 aromatic heterocycles. The summed E-state index contributed by atoms with van der Waals surface area (Å²) in [4.78, 5) is 4.91. The summed E-state index contributed by atoms with van der Waals surface area (Å²) in [5, 5.41) is 0. The van der Waals surface area contributed by atoms with Crippen molar-refractivity contribution in [1.82, 2.24) is 9.55 Å². The van der Waals surface area contributed by atoms with Crippen LogP contribution in [0, 0.1) is 0 Å². The van der Waals surface area contributed by atoms with Crippen molar-refractivity contribution in [2.75, 3.05) is 5.73 Å². The molecule has 0 saturated heterocycles. The van der Waals surface area contributed by atoms with Gasteiger partial charge in [0.25, 0.3) is 0 Å². The van der Waals surface area contributed by atoms with Gasteiger partial charge in [0.05, 0.1) is 5.69 Å². The first-order valence-electron chi connectivity index (χ1n) is 7.72. The molecule has 0 spiro atoms. The molecule has 0 bridgehead atoms. The zero-order chi connectivity index (χ0) is 13.9. The Labute approximate surface area is 120 Å². The van der Waals surface area contributed by atoms with Crippen molar-refractivity contribution < 1.29 is 0 Å². The molecule has 2 aromatic rings. The zero-order valence-corrected chi connectivity index (χ0v) is 12.2. The molecule has 0 atom stereocenters. The molecule has 0 aliphatic heterocycles. The first-order chi connectivity index (χ1) is 9.81. The lowest BCUT2D eigenvalue weighted by atomic mass is 9.87. The number of nitrogen functional groups attached to an aromatic ring is 1. The molecule has 3 rings (SSSR count). The fourth-order valence-electron chi connectivity index (χ4n) is 3.29. The van der Waals surface area contributed by atoms with Gasteiger partial charge in [-0.05, 0) is 19.8 Å². The van der Waals surface area contributed by atoms with E-state index in [-0.39, 0.29) is 0 Å². The van der Waals surface area contributed by atoms with Gasteiger partial charge in [0, 0.05) is 18.0 Å². The Morgan fingerprint density at radius 3 is 2.50 bits per heavy atom. The predicted molar refractivity (Wildman–Crippen MR) is 83.6 cm³/mol. The van der Waals surface area contributed by atoms with Crippen LogP contribution < -0.4 is 5.73 Å². The molecule has 3 nitrogen and oxygen atoms in total. The lowest BCUT2D eigenvalue weighted by Crippen LogP contribution is -2.09. The van der Waals surface area contributed by atoms with E-state index in [1.165, 1.54) is 32.1 Å². The molecule has 1 saturated carbocycles. The van der Waals surface area contributed by atoms with Crippen molar-refractivity contribution >= 4 is 5.82 Å². The first-order valence-corrected chi connectivity index (χ1v) is 7.72. The lowest BCUT2D eigenvalue weighted by Gasteiger charge is -2.20. The Hall–Kier alpha value is -1.77. The van der Waals surface area contributed by atoms with Crippen molar-refractivity contribution in [2.45, 2.75) is 51.5 Å². The fraction of sp³-hybridized carbons (Fsp3) is 0.471. The van der Waals surface area contributed by atoms with Crippen LogP contribution in [0.3, 0.4) is 0 Å². The molecule has 0 unspecified atom stereocenters. The van der Waals surface area contributed by atoms with Crippen molar-refractivity contribution in [3.8, 4) is 11.4 Å². The second-order valence-electron chi connectivity index (χ2n) is 5.65. The normalized spacial score (nSPS) is 16.4. The summed E-state index contributed by atoms with van der Waals surface area (Å²) in [5.41, 5.74) is 8.67. The molecule has 20 heavy (non-hydrogen) atoms. The van der Waals surface area contributed by atoms with E-state index in [1.807, 2.05) is 6.07 Å². The topological polar surface area (TPSA) is 43.8 Å². The van der Waals surface area contributed by atoms with Crippen molar-refractivity contribution in [3.05, 3.63) is 36.0 Å². The van der Waals surface area contributed by atoms with Gasteiger partial charge in [-0.2, -0.15) is 0 Å². The minimum absolute atomic E-state index is 0.555. The van der Waals surface area contributed by atoms with Gasteiger partial charge in [-0.15, -0.1) is 0 Å². The van der Waals surface area contributed by atoms with Gasteiger partial charge in [0.1, 0.15) is 11.6 Å². The number of anilines is 1. The number of benzene rings is 1. The van der Waals surface area contributed by atoms with Crippen molar-refractivity contribution in [2.24, 2.45) is 0 Å². The van der Waals surface area contributed by atoms with Gasteiger partial charge in [-0.1, -0.05) is 49.6 Å². The Balaban J connectivity index is 2.03. The number of nitrogens with zero attached hydrogens (tertiary/aromatic N) is 2. The molecule has 1 aromatic carbocycles. The van der Waals surface area contributed by atoms with E-state index in [0.717, 1.165) is 29.4 Å². The van der Waals surface area contributed by atoms with Crippen LogP contribution in [0.1, 0.15) is 50.6 Å². The number of nitrogens with two attached hydrogens (primary N) is 1. The Morgan fingerprint density at radius 1 is 1.15 bits per heavy atom. The maximum absolute atomic E-state index is 6.38. The highest BCUT2D eigenvalue weighted by molar-refractivity contribution is 5.61. The highest BCUT2D eigenvalue weighted by atomic mass is 15.1. The van der Waals surface area contributed by atoms with Crippen LogP contribution in [0.4, 0.5) is 5.82 Å². The summed E-state index contributed by atoms with van der Waals surface area (Å²) >= 11 is 0. The smallest absolute Gasteiger partial charge is 0.141 e. The minimum atomic E-state index is 0.555. The van der Waals surface area contributed by atoms with E-state index < -0.39 is 0 Å². The van der Waals surface area contributed by atoms with Gasteiger partial charge in [-0.25, -0.2) is 4.98 Å². The molecule has 1 aliphatic rings. The lowest BCUT2D eigenvalue weighted by molar-refractivity contribution is 0.438. The molecular formula is C17H23N3. The molecule has 0 radical (unpaired) electrons. The van der Waals surface area contributed by atoms with Gasteiger partial charge in [-0.3, -0.25) is 0 Å². The molecule has 1 aliphatic carbocycles. The zero-order valence-electron chi connectivity index (χ0n) is 12.2. The Kier molecular flexibility index (Phi) is 3.77. The summed E-state index contributed by atoms with van der Waals surface area (Å²) in [5.74, 6) is 2.45. The van der Waals surface area contributed by atoms with E-state index in [1.54, 1.807) is 0 Å². The number of imidazole rings is 1. The monoisotopic (exact) mass is 269 g/mol. The molecule has 2 N–H and O–H groups in total. The van der Waals surface area contributed by atoms with Crippen LogP contribution in [0.5, 0.6) is 0 Å². The third-order valence-corrected chi connectivity index (χ3v) is 4.38. The van der Waals surface area contributed by atoms with E-state index in [4.69, 9.17) is 10.7 Å². The van der Waals surface area contributed by atoms with Gasteiger partial charge < -0.3 is 10.3 Å². The first kappa shape index (κ1) is 13.2. The third kappa shape index (κ3) is 2.33. The van der Waals surface area contributed by atoms with Gasteiger partial charge in [0.15, 0.2) is 0 Å². The van der Waals surface area contributed by atoms with Crippen LogP contribution in [0.2, 0.25) is 0 Å². The van der Waals surface area contributed by atoms with Crippen LogP contribution in [0.15, 0.2) is 30.3 Å². The number of hydrogen-bond acceptors (Lipinski definition) is 2. The van der Waals surface area contributed by atoms with Crippen LogP contribution >= 0.6 is 0 Å². The second kappa shape index (κ2) is 5.70.